The molecule has 0 radical (unpaired) electrons. The van der Waals surface area contributed by atoms with E-state index < -0.39 is 0 Å². The van der Waals surface area contributed by atoms with E-state index in [4.69, 9.17) is 16.6 Å². The summed E-state index contributed by atoms with van der Waals surface area (Å²) in [6.07, 6.45) is 6.04. The molecular weight excluding hydrogens is 434 g/mol. The van der Waals surface area contributed by atoms with Gasteiger partial charge in [-0.2, -0.15) is 0 Å². The molecule has 1 atom stereocenters. The van der Waals surface area contributed by atoms with E-state index in [0.29, 0.717) is 27.7 Å². The third-order valence-electron chi connectivity index (χ3n) is 5.35. The fourth-order valence-electron chi connectivity index (χ4n) is 3.61. The molecule has 0 bridgehead atoms. The van der Waals surface area contributed by atoms with E-state index >= 15 is 0 Å². The number of piperazine rings is 1. The van der Waals surface area contributed by atoms with Gasteiger partial charge in [0.25, 0.3) is 5.91 Å². The third-order valence-corrected chi connectivity index (χ3v) is 6.69. The lowest BCUT2D eigenvalue weighted by molar-refractivity contribution is 0.103. The van der Waals surface area contributed by atoms with E-state index in [1.54, 1.807) is 25.4 Å². The lowest BCUT2D eigenvalue weighted by Crippen LogP contribution is -2.48. The molecule has 1 unspecified atom stereocenters. The molecule has 0 aliphatic carbocycles. The molecular formula is C21H26ClN7OS. The predicted molar refractivity (Wildman–Crippen MR) is 125 cm³/mol. The number of nitrogens with one attached hydrogen (secondary N) is 2. The van der Waals surface area contributed by atoms with Crippen LogP contribution in [0, 0.1) is 6.92 Å². The van der Waals surface area contributed by atoms with E-state index in [1.807, 2.05) is 6.92 Å². The van der Waals surface area contributed by atoms with Crippen molar-refractivity contribution < 1.29 is 4.79 Å². The highest BCUT2D eigenvalue weighted by Gasteiger charge is 2.22. The lowest BCUT2D eigenvalue weighted by atomic mass is 10.1. The predicted octanol–water partition coefficient (Wildman–Crippen LogP) is 2.77. The first-order valence-electron chi connectivity index (χ1n) is 10.2. The summed E-state index contributed by atoms with van der Waals surface area (Å²) >= 11 is 7.57. The van der Waals surface area contributed by atoms with Crippen LogP contribution < -0.4 is 10.6 Å². The van der Waals surface area contributed by atoms with E-state index in [1.165, 1.54) is 11.3 Å². The molecule has 2 N–H and O–H groups in total. The number of aromatic nitrogens is 2. The first-order chi connectivity index (χ1) is 14.9. The molecule has 0 saturated carbocycles. The number of carbonyl (C=O) groups excluding carboxylic acids is 1. The van der Waals surface area contributed by atoms with Crippen molar-refractivity contribution in [1.82, 2.24) is 25.1 Å². The molecule has 164 valence electrons. The molecule has 0 spiro atoms. The average Bonchev–Trinajstić information content (AvgIpc) is 3.19. The Kier molecular flexibility index (Phi) is 6.54. The van der Waals surface area contributed by atoms with E-state index in [-0.39, 0.29) is 11.9 Å². The zero-order valence-electron chi connectivity index (χ0n) is 17.9. The number of amidine groups is 1. The SMILES string of the molecule is CC1=NC(Cc2ncc(C(=O)Nc3c(Cl)ccnc3C)s2)C=C(N2CCN(C)CC2)N1. The van der Waals surface area contributed by atoms with Crippen LogP contribution in [0.5, 0.6) is 0 Å². The summed E-state index contributed by atoms with van der Waals surface area (Å²) in [6.45, 7) is 7.87. The Hall–Kier alpha value is -2.49. The number of hydrogen-bond acceptors (Lipinski definition) is 8. The summed E-state index contributed by atoms with van der Waals surface area (Å²) in [5.41, 5.74) is 1.20. The number of likely N-dealkylation sites (N-methyl/N-ethyl adjacent to an activating group) is 1. The van der Waals surface area contributed by atoms with Crippen molar-refractivity contribution in [1.29, 1.82) is 0 Å². The van der Waals surface area contributed by atoms with Gasteiger partial charge in [-0.15, -0.1) is 11.3 Å². The molecule has 1 saturated heterocycles. The number of halogens is 1. The number of anilines is 1. The molecule has 2 aliphatic heterocycles. The van der Waals surface area contributed by atoms with Crippen molar-refractivity contribution in [3.8, 4) is 0 Å². The first kappa shape index (κ1) is 21.7. The van der Waals surface area contributed by atoms with Gasteiger partial charge in [0.1, 0.15) is 10.7 Å². The first-order valence-corrected chi connectivity index (χ1v) is 11.4. The zero-order chi connectivity index (χ0) is 22.0. The molecule has 2 aliphatic rings. The molecule has 4 rings (SSSR count). The summed E-state index contributed by atoms with van der Waals surface area (Å²) in [5.74, 6) is 1.78. The van der Waals surface area contributed by atoms with Gasteiger partial charge in [-0.3, -0.25) is 14.8 Å². The summed E-state index contributed by atoms with van der Waals surface area (Å²) < 4.78 is 0. The van der Waals surface area contributed by atoms with E-state index in [9.17, 15) is 4.79 Å². The minimum absolute atomic E-state index is 0.00650. The summed E-state index contributed by atoms with van der Waals surface area (Å²) in [7, 11) is 2.15. The van der Waals surface area contributed by atoms with E-state index in [0.717, 1.165) is 42.8 Å². The van der Waals surface area contributed by atoms with Crippen LogP contribution in [0.4, 0.5) is 5.69 Å². The molecule has 0 aromatic carbocycles. The number of aryl methyl sites for hydroxylation is 1. The maximum absolute atomic E-state index is 12.7. The van der Waals surface area contributed by atoms with Crippen LogP contribution >= 0.6 is 22.9 Å². The second-order valence-electron chi connectivity index (χ2n) is 7.78. The van der Waals surface area contributed by atoms with Crippen molar-refractivity contribution in [2.75, 3.05) is 38.5 Å². The van der Waals surface area contributed by atoms with Gasteiger partial charge in [-0.1, -0.05) is 11.6 Å². The smallest absolute Gasteiger partial charge is 0.267 e. The third kappa shape index (κ3) is 5.23. The summed E-state index contributed by atoms with van der Waals surface area (Å²) in [4.78, 5) is 31.3. The number of carbonyl (C=O) groups is 1. The fraction of sp³-hybridized carbons (Fsp3) is 0.429. The second-order valence-corrected chi connectivity index (χ2v) is 9.30. The largest absolute Gasteiger partial charge is 0.356 e. The van der Waals surface area contributed by atoms with Gasteiger partial charge in [0.05, 0.1) is 39.5 Å². The van der Waals surface area contributed by atoms with Crippen LogP contribution in [0.1, 0.15) is 27.3 Å². The van der Waals surface area contributed by atoms with Crippen molar-refractivity contribution in [3.05, 3.63) is 51.0 Å². The highest BCUT2D eigenvalue weighted by Crippen LogP contribution is 2.25. The molecule has 2 aromatic heterocycles. The number of aliphatic imine (C=N–C) groups is 1. The van der Waals surface area contributed by atoms with Gasteiger partial charge in [0.2, 0.25) is 0 Å². The molecule has 10 heteroatoms. The average molecular weight is 460 g/mol. The highest BCUT2D eigenvalue weighted by atomic mass is 35.5. The maximum atomic E-state index is 12.7. The normalized spacial score (nSPS) is 19.5. The highest BCUT2D eigenvalue weighted by molar-refractivity contribution is 7.13. The molecule has 8 nitrogen and oxygen atoms in total. The standard InChI is InChI=1S/C21H26ClN7OS/c1-13-20(16(22)4-5-23-13)27-21(30)17-12-24-19(31-17)11-15-10-18(26-14(2)25-15)29-8-6-28(3)7-9-29/h4-5,10,12,15H,6-9,11H2,1-3H3,(H,25,26)(H,27,30). The van der Waals surface area contributed by atoms with Crippen LogP contribution in [0.2, 0.25) is 5.02 Å². The Bertz CT molecular complexity index is 1010. The van der Waals surface area contributed by atoms with Crippen LogP contribution in [-0.4, -0.2) is 70.8 Å². The van der Waals surface area contributed by atoms with Crippen molar-refractivity contribution in [3.63, 3.8) is 0 Å². The lowest BCUT2D eigenvalue weighted by Gasteiger charge is -2.37. The summed E-state index contributed by atoms with van der Waals surface area (Å²) in [5, 5.41) is 7.58. The fourth-order valence-corrected chi connectivity index (χ4v) is 4.72. The Labute approximate surface area is 191 Å². The quantitative estimate of drug-likeness (QED) is 0.715. The second kappa shape index (κ2) is 9.33. The zero-order valence-corrected chi connectivity index (χ0v) is 19.4. The van der Waals surface area contributed by atoms with Gasteiger partial charge >= 0.3 is 0 Å². The number of nitrogens with zero attached hydrogens (tertiary/aromatic N) is 5. The molecule has 1 fully saturated rings. The minimum atomic E-state index is -0.236. The van der Waals surface area contributed by atoms with Gasteiger partial charge < -0.3 is 20.4 Å². The van der Waals surface area contributed by atoms with Gasteiger partial charge in [0, 0.05) is 38.8 Å². The number of rotatable bonds is 5. The van der Waals surface area contributed by atoms with Gasteiger partial charge in [-0.05, 0) is 33.0 Å². The van der Waals surface area contributed by atoms with Crippen molar-refractivity contribution >= 4 is 40.4 Å². The Balaban J connectivity index is 1.43. The number of hydrogen-bond donors (Lipinski definition) is 2. The molecule has 2 aromatic rings. The number of pyridine rings is 1. The summed E-state index contributed by atoms with van der Waals surface area (Å²) in [6, 6.07) is 1.65. The van der Waals surface area contributed by atoms with Gasteiger partial charge in [0.15, 0.2) is 0 Å². The molecule has 1 amide bonds. The van der Waals surface area contributed by atoms with Crippen molar-refractivity contribution in [2.24, 2.45) is 4.99 Å². The van der Waals surface area contributed by atoms with Crippen molar-refractivity contribution in [2.45, 2.75) is 26.3 Å². The number of thiazole rings is 1. The van der Waals surface area contributed by atoms with Gasteiger partial charge in [-0.25, -0.2) is 4.98 Å². The molecule has 4 heterocycles. The van der Waals surface area contributed by atoms with Crippen LogP contribution in [0.3, 0.4) is 0 Å². The Morgan fingerprint density at radius 1 is 1.29 bits per heavy atom. The number of amides is 1. The van der Waals surface area contributed by atoms with Crippen LogP contribution in [0.25, 0.3) is 0 Å². The Morgan fingerprint density at radius 2 is 2.06 bits per heavy atom. The monoisotopic (exact) mass is 459 g/mol. The minimum Gasteiger partial charge on any atom is -0.356 e. The molecule has 31 heavy (non-hydrogen) atoms. The Morgan fingerprint density at radius 3 is 2.81 bits per heavy atom. The topological polar surface area (TPSA) is 85.8 Å². The van der Waals surface area contributed by atoms with E-state index in [2.05, 4.69) is 43.5 Å². The maximum Gasteiger partial charge on any atom is 0.267 e. The van der Waals surface area contributed by atoms with Crippen LogP contribution in [-0.2, 0) is 6.42 Å². The van der Waals surface area contributed by atoms with Crippen LogP contribution in [0.15, 0.2) is 35.3 Å².